The van der Waals surface area contributed by atoms with Crippen LogP contribution in [0.1, 0.15) is 31.2 Å². The van der Waals surface area contributed by atoms with E-state index in [1.165, 1.54) is 0 Å². The number of carbonyl (C=O) groups is 1. The van der Waals surface area contributed by atoms with E-state index in [0.717, 1.165) is 47.7 Å². The zero-order chi connectivity index (χ0) is 22.1. The summed E-state index contributed by atoms with van der Waals surface area (Å²) in [6, 6.07) is 18.8. The standard InChI is InChI=1S/C25H26N2O4S/c28-25(17-31-22-10-9-18-5-1-2-6-19(18)15-22)27-14-13-20-16-23(11-12-24(20)27)32(29,30)26-21-7-3-4-8-21/h1-2,5-6,9-12,15-16,21,26H,3-4,7-8,13-14,17H2. The van der Waals surface area contributed by atoms with Gasteiger partial charge in [0.1, 0.15) is 5.75 Å². The van der Waals surface area contributed by atoms with Gasteiger partial charge in [0, 0.05) is 18.3 Å². The highest BCUT2D eigenvalue weighted by molar-refractivity contribution is 7.89. The summed E-state index contributed by atoms with van der Waals surface area (Å²) in [5.74, 6) is 0.507. The Bertz CT molecular complexity index is 1270. The van der Waals surface area contributed by atoms with Gasteiger partial charge in [0.25, 0.3) is 5.91 Å². The summed E-state index contributed by atoms with van der Waals surface area (Å²) in [5, 5.41) is 2.18. The minimum absolute atomic E-state index is 0.0265. The molecule has 1 heterocycles. The van der Waals surface area contributed by atoms with Crippen LogP contribution < -0.4 is 14.4 Å². The monoisotopic (exact) mass is 450 g/mol. The Labute approximate surface area is 188 Å². The Morgan fingerprint density at radius 1 is 1.00 bits per heavy atom. The molecule has 0 unspecified atom stereocenters. The average Bonchev–Trinajstić information content (AvgIpc) is 3.46. The lowest BCUT2D eigenvalue weighted by Crippen LogP contribution is -2.33. The molecule has 0 bridgehead atoms. The van der Waals surface area contributed by atoms with Crippen molar-refractivity contribution in [1.29, 1.82) is 0 Å². The molecule has 1 amide bonds. The van der Waals surface area contributed by atoms with Gasteiger partial charge >= 0.3 is 0 Å². The molecule has 0 spiro atoms. The summed E-state index contributed by atoms with van der Waals surface area (Å²) in [5.41, 5.74) is 1.63. The number of sulfonamides is 1. The van der Waals surface area contributed by atoms with Crippen LogP contribution in [0.3, 0.4) is 0 Å². The first-order valence-corrected chi connectivity index (χ1v) is 12.6. The van der Waals surface area contributed by atoms with Crippen molar-refractivity contribution in [3.63, 3.8) is 0 Å². The van der Waals surface area contributed by atoms with Crippen LogP contribution in [0, 0.1) is 0 Å². The van der Waals surface area contributed by atoms with Crippen molar-refractivity contribution in [3.05, 3.63) is 66.2 Å². The van der Waals surface area contributed by atoms with Crippen molar-refractivity contribution in [2.75, 3.05) is 18.1 Å². The molecule has 0 atom stereocenters. The molecule has 1 aliphatic heterocycles. The van der Waals surface area contributed by atoms with Crippen molar-refractivity contribution < 1.29 is 17.9 Å². The predicted octanol–water partition coefficient (Wildman–Crippen LogP) is 4.03. The van der Waals surface area contributed by atoms with Crippen LogP contribution in [0.5, 0.6) is 5.75 Å². The third kappa shape index (κ3) is 4.23. The smallest absolute Gasteiger partial charge is 0.264 e. The molecule has 1 saturated carbocycles. The van der Waals surface area contributed by atoms with Crippen molar-refractivity contribution in [3.8, 4) is 5.75 Å². The van der Waals surface area contributed by atoms with E-state index in [9.17, 15) is 13.2 Å². The molecule has 32 heavy (non-hydrogen) atoms. The number of nitrogens with zero attached hydrogens (tertiary/aromatic N) is 1. The summed E-state index contributed by atoms with van der Waals surface area (Å²) < 4.78 is 34.1. The van der Waals surface area contributed by atoms with Gasteiger partial charge in [-0.05, 0) is 65.9 Å². The lowest BCUT2D eigenvalue weighted by Gasteiger charge is -2.18. The molecule has 1 N–H and O–H groups in total. The number of anilines is 1. The van der Waals surface area contributed by atoms with Crippen LogP contribution in [-0.2, 0) is 21.2 Å². The number of hydrogen-bond acceptors (Lipinski definition) is 4. The van der Waals surface area contributed by atoms with E-state index in [1.807, 2.05) is 42.5 Å². The molecule has 6 nitrogen and oxygen atoms in total. The van der Waals surface area contributed by atoms with E-state index in [-0.39, 0.29) is 23.5 Å². The molecular formula is C25H26N2O4S. The number of benzene rings is 3. The van der Waals surface area contributed by atoms with Gasteiger partial charge in [-0.2, -0.15) is 0 Å². The number of carbonyl (C=O) groups excluding carboxylic acids is 1. The van der Waals surface area contributed by atoms with Gasteiger partial charge in [-0.25, -0.2) is 13.1 Å². The average molecular weight is 451 g/mol. The van der Waals surface area contributed by atoms with E-state index in [1.54, 1.807) is 23.1 Å². The van der Waals surface area contributed by atoms with Crippen LogP contribution in [-0.4, -0.2) is 33.5 Å². The van der Waals surface area contributed by atoms with Crippen LogP contribution in [0.2, 0.25) is 0 Å². The number of amides is 1. The summed E-state index contributed by atoms with van der Waals surface area (Å²) in [6.45, 7) is 0.454. The van der Waals surface area contributed by atoms with Gasteiger partial charge in [-0.15, -0.1) is 0 Å². The molecule has 1 fully saturated rings. The van der Waals surface area contributed by atoms with Crippen molar-refractivity contribution in [1.82, 2.24) is 4.72 Å². The van der Waals surface area contributed by atoms with Gasteiger partial charge in [-0.3, -0.25) is 4.79 Å². The first-order chi connectivity index (χ1) is 15.5. The molecule has 5 rings (SSSR count). The molecule has 0 aromatic heterocycles. The molecule has 7 heteroatoms. The van der Waals surface area contributed by atoms with Crippen molar-refractivity contribution in [2.45, 2.75) is 43.0 Å². The normalized spacial score (nSPS) is 16.4. The fourth-order valence-electron chi connectivity index (χ4n) is 4.62. The Kier molecular flexibility index (Phi) is 5.61. The minimum Gasteiger partial charge on any atom is -0.484 e. The zero-order valence-corrected chi connectivity index (χ0v) is 18.6. The second kappa shape index (κ2) is 8.56. The predicted molar refractivity (Wildman–Crippen MR) is 125 cm³/mol. The Morgan fingerprint density at radius 2 is 1.78 bits per heavy atom. The van der Waals surface area contributed by atoms with Gasteiger partial charge in [-0.1, -0.05) is 43.2 Å². The van der Waals surface area contributed by atoms with Crippen molar-refractivity contribution >= 4 is 32.4 Å². The second-order valence-electron chi connectivity index (χ2n) is 8.49. The van der Waals surface area contributed by atoms with E-state index >= 15 is 0 Å². The van der Waals surface area contributed by atoms with Crippen LogP contribution in [0.15, 0.2) is 65.6 Å². The molecule has 1 aliphatic carbocycles. The summed E-state index contributed by atoms with van der Waals surface area (Å²) >= 11 is 0. The van der Waals surface area contributed by atoms with Crippen LogP contribution in [0.4, 0.5) is 5.69 Å². The van der Waals surface area contributed by atoms with Gasteiger partial charge in [0.2, 0.25) is 10.0 Å². The molecular weight excluding hydrogens is 424 g/mol. The fraction of sp³-hybridized carbons (Fsp3) is 0.320. The molecule has 0 radical (unpaired) electrons. The van der Waals surface area contributed by atoms with Crippen molar-refractivity contribution in [2.24, 2.45) is 0 Å². The Hall–Kier alpha value is -2.90. The van der Waals surface area contributed by atoms with Gasteiger partial charge in [0.15, 0.2) is 6.61 Å². The highest BCUT2D eigenvalue weighted by Gasteiger charge is 2.28. The molecule has 2 aliphatic rings. The van der Waals surface area contributed by atoms with Gasteiger partial charge < -0.3 is 9.64 Å². The number of nitrogens with one attached hydrogen (secondary N) is 1. The first kappa shape index (κ1) is 21.0. The van der Waals surface area contributed by atoms with Crippen LogP contribution in [0.25, 0.3) is 10.8 Å². The quantitative estimate of drug-likeness (QED) is 0.615. The number of rotatable bonds is 6. The first-order valence-electron chi connectivity index (χ1n) is 11.1. The molecule has 166 valence electrons. The Morgan fingerprint density at radius 3 is 2.59 bits per heavy atom. The summed E-state index contributed by atoms with van der Waals surface area (Å²) in [4.78, 5) is 14.8. The number of hydrogen-bond donors (Lipinski definition) is 1. The zero-order valence-electron chi connectivity index (χ0n) is 17.8. The maximum atomic E-state index is 12.8. The van der Waals surface area contributed by atoms with E-state index in [0.29, 0.717) is 18.7 Å². The van der Waals surface area contributed by atoms with E-state index in [4.69, 9.17) is 4.74 Å². The topological polar surface area (TPSA) is 75.7 Å². The van der Waals surface area contributed by atoms with E-state index in [2.05, 4.69) is 4.72 Å². The maximum Gasteiger partial charge on any atom is 0.264 e. The van der Waals surface area contributed by atoms with E-state index < -0.39 is 10.0 Å². The van der Waals surface area contributed by atoms with Gasteiger partial charge in [0.05, 0.1) is 4.90 Å². The largest absolute Gasteiger partial charge is 0.484 e. The molecule has 3 aromatic rings. The fourth-order valence-corrected chi connectivity index (χ4v) is 5.97. The molecule has 3 aromatic carbocycles. The second-order valence-corrected chi connectivity index (χ2v) is 10.2. The number of fused-ring (bicyclic) bond motifs is 2. The SMILES string of the molecule is O=C(COc1ccc2ccccc2c1)N1CCc2cc(S(=O)(=O)NC3CCCC3)ccc21. The minimum atomic E-state index is -3.55. The highest BCUT2D eigenvalue weighted by Crippen LogP contribution is 2.31. The van der Waals surface area contributed by atoms with Crippen LogP contribution >= 0.6 is 0 Å². The molecule has 0 saturated heterocycles. The lowest BCUT2D eigenvalue weighted by molar-refractivity contribution is -0.120. The maximum absolute atomic E-state index is 12.8. The summed E-state index contributed by atoms with van der Waals surface area (Å²) in [7, 11) is -3.55. The number of ether oxygens (including phenoxy) is 1. The lowest BCUT2D eigenvalue weighted by atomic mass is 10.1. The third-order valence-electron chi connectivity index (χ3n) is 6.32. The highest BCUT2D eigenvalue weighted by atomic mass is 32.2. The Balaban J connectivity index is 1.26. The third-order valence-corrected chi connectivity index (χ3v) is 7.84. The summed E-state index contributed by atoms with van der Waals surface area (Å²) in [6.07, 6.45) is 4.54.